The number of hydrogen-bond donors (Lipinski definition) is 2. The largest absolute Gasteiger partial charge is 0.366 e. The summed E-state index contributed by atoms with van der Waals surface area (Å²) in [5, 5.41) is 14.1. The number of likely N-dealkylation sites (tertiary alicyclic amines) is 1. The highest BCUT2D eigenvalue weighted by atomic mass is 79.9. The van der Waals surface area contributed by atoms with E-state index in [1.807, 2.05) is 23.5 Å². The van der Waals surface area contributed by atoms with Gasteiger partial charge in [0.25, 0.3) is 0 Å². The number of rotatable bonds is 6. The number of aromatic nitrogens is 1. The Morgan fingerprint density at radius 2 is 2.37 bits per heavy atom. The highest BCUT2D eigenvalue weighted by Gasteiger charge is 2.32. The molecule has 2 aliphatic heterocycles. The highest BCUT2D eigenvalue weighted by Crippen LogP contribution is 2.25. The molecular weight excluding hydrogens is 404 g/mol. The fourth-order valence-electron chi connectivity index (χ4n) is 3.79. The Balaban J connectivity index is 1.78. The molecule has 0 bridgehead atoms. The van der Waals surface area contributed by atoms with E-state index in [0.717, 1.165) is 24.5 Å². The number of nitrogens with zero attached hydrogens (tertiary/aromatic N) is 4. The molecule has 0 amide bonds. The molecule has 2 aliphatic rings. The molecule has 1 aromatic heterocycles. The molecule has 4 unspecified atom stereocenters. The van der Waals surface area contributed by atoms with E-state index >= 15 is 0 Å². The van der Waals surface area contributed by atoms with Gasteiger partial charge in [-0.1, -0.05) is 22.0 Å². The van der Waals surface area contributed by atoms with Crippen LogP contribution in [0.5, 0.6) is 0 Å². The molecule has 27 heavy (non-hydrogen) atoms. The number of hydrogen-bond acceptors (Lipinski definition) is 6. The molecule has 7 heteroatoms. The van der Waals surface area contributed by atoms with Gasteiger partial charge in [-0.2, -0.15) is 5.10 Å². The van der Waals surface area contributed by atoms with Gasteiger partial charge in [0.15, 0.2) is 0 Å². The second kappa shape index (κ2) is 9.66. The zero-order valence-corrected chi connectivity index (χ0v) is 18.1. The van der Waals surface area contributed by atoms with Crippen LogP contribution in [0.25, 0.3) is 0 Å². The molecule has 3 heterocycles. The van der Waals surface area contributed by atoms with Crippen molar-refractivity contribution in [1.29, 1.82) is 0 Å². The number of piperidine rings is 1. The summed E-state index contributed by atoms with van der Waals surface area (Å²) in [5.74, 6) is 1.69. The van der Waals surface area contributed by atoms with E-state index in [1.165, 1.54) is 19.4 Å². The van der Waals surface area contributed by atoms with Gasteiger partial charge in [-0.25, -0.2) is 5.01 Å². The Morgan fingerprint density at radius 3 is 3.07 bits per heavy atom. The van der Waals surface area contributed by atoms with Crippen LogP contribution >= 0.6 is 15.9 Å². The van der Waals surface area contributed by atoms with Gasteiger partial charge in [-0.3, -0.25) is 10.3 Å². The molecular formula is C20H31BrN6. The van der Waals surface area contributed by atoms with E-state index < -0.39 is 0 Å². The summed E-state index contributed by atoms with van der Waals surface area (Å²) in [7, 11) is 2.22. The van der Waals surface area contributed by atoms with Crippen LogP contribution in [0.1, 0.15) is 32.3 Å². The van der Waals surface area contributed by atoms with Gasteiger partial charge in [0, 0.05) is 42.6 Å². The first kappa shape index (κ1) is 20.3. The van der Waals surface area contributed by atoms with Gasteiger partial charge in [0.2, 0.25) is 0 Å². The van der Waals surface area contributed by atoms with Crippen molar-refractivity contribution in [2.45, 2.75) is 50.3 Å². The summed E-state index contributed by atoms with van der Waals surface area (Å²) >= 11 is 3.55. The fourth-order valence-corrected chi connectivity index (χ4v) is 3.89. The smallest absolute Gasteiger partial charge is 0.122 e. The van der Waals surface area contributed by atoms with E-state index in [0.29, 0.717) is 12.0 Å². The van der Waals surface area contributed by atoms with Crippen LogP contribution in [0.3, 0.4) is 0 Å². The lowest BCUT2D eigenvalue weighted by molar-refractivity contribution is 0.134. The summed E-state index contributed by atoms with van der Waals surface area (Å²) in [6.45, 7) is 7.32. The van der Waals surface area contributed by atoms with Crippen molar-refractivity contribution in [2.24, 2.45) is 11.0 Å². The third-order valence-corrected chi connectivity index (χ3v) is 5.38. The Kier molecular flexibility index (Phi) is 7.26. The first-order chi connectivity index (χ1) is 13.0. The van der Waals surface area contributed by atoms with E-state index in [9.17, 15) is 0 Å². The maximum absolute atomic E-state index is 4.69. The minimum absolute atomic E-state index is 0.131. The van der Waals surface area contributed by atoms with Gasteiger partial charge < -0.3 is 10.2 Å². The second-order valence-electron chi connectivity index (χ2n) is 7.59. The molecule has 2 N–H and O–H groups in total. The van der Waals surface area contributed by atoms with Crippen molar-refractivity contribution in [3.05, 3.63) is 42.0 Å². The summed E-state index contributed by atoms with van der Waals surface area (Å²) in [4.78, 5) is 6.88. The normalized spacial score (nSPS) is 28.2. The maximum Gasteiger partial charge on any atom is 0.122 e. The van der Waals surface area contributed by atoms with Gasteiger partial charge in [0.05, 0.1) is 0 Å². The van der Waals surface area contributed by atoms with Crippen molar-refractivity contribution in [3.63, 3.8) is 0 Å². The van der Waals surface area contributed by atoms with Crippen LogP contribution in [-0.2, 0) is 6.54 Å². The zero-order valence-electron chi connectivity index (χ0n) is 16.5. The average Bonchev–Trinajstić information content (AvgIpc) is 2.66. The molecule has 0 aromatic carbocycles. The average molecular weight is 435 g/mol. The van der Waals surface area contributed by atoms with Gasteiger partial charge in [-0.15, -0.1) is 0 Å². The molecule has 4 atom stereocenters. The lowest BCUT2D eigenvalue weighted by Crippen LogP contribution is -2.55. The monoisotopic (exact) mass is 434 g/mol. The Morgan fingerprint density at radius 1 is 1.52 bits per heavy atom. The third-order valence-electron chi connectivity index (χ3n) is 5.15. The zero-order chi connectivity index (χ0) is 19.2. The third kappa shape index (κ3) is 5.77. The highest BCUT2D eigenvalue weighted by molar-refractivity contribution is 9.09. The summed E-state index contributed by atoms with van der Waals surface area (Å²) in [6, 6.07) is 4.42. The number of pyridine rings is 1. The minimum atomic E-state index is 0.131. The first-order valence-corrected chi connectivity index (χ1v) is 10.7. The summed E-state index contributed by atoms with van der Waals surface area (Å²) in [6.07, 6.45) is 10.6. The molecule has 1 aromatic rings. The lowest BCUT2D eigenvalue weighted by atomic mass is 9.89. The van der Waals surface area contributed by atoms with Crippen molar-refractivity contribution >= 4 is 22.1 Å². The molecule has 3 rings (SSSR count). The predicted molar refractivity (Wildman–Crippen MR) is 114 cm³/mol. The van der Waals surface area contributed by atoms with Crippen LogP contribution in [0.4, 0.5) is 0 Å². The lowest BCUT2D eigenvalue weighted by Gasteiger charge is -2.42. The minimum Gasteiger partial charge on any atom is -0.366 e. The van der Waals surface area contributed by atoms with Crippen LogP contribution in [0.15, 0.2) is 41.5 Å². The Bertz CT molecular complexity index is 647. The molecule has 148 valence electrons. The summed E-state index contributed by atoms with van der Waals surface area (Å²) in [5.41, 5.74) is 1.16. The number of nitrogens with one attached hydrogen (secondary N) is 2. The number of halogens is 1. The van der Waals surface area contributed by atoms with Crippen molar-refractivity contribution < 1.29 is 0 Å². The molecule has 0 aliphatic carbocycles. The van der Waals surface area contributed by atoms with Gasteiger partial charge >= 0.3 is 0 Å². The maximum atomic E-state index is 4.69. The van der Waals surface area contributed by atoms with Crippen LogP contribution in [0, 0.1) is 5.92 Å². The molecule has 0 radical (unpaired) electrons. The van der Waals surface area contributed by atoms with Crippen LogP contribution in [0.2, 0.25) is 0 Å². The SMILES string of the molecule is CC(Br)/C=N\N1C(NCc2cccnc2)=CC(C2CCCN(C)C2)NC1C. The molecule has 6 nitrogen and oxygen atoms in total. The van der Waals surface area contributed by atoms with E-state index in [1.54, 1.807) is 6.20 Å². The molecule has 1 fully saturated rings. The standard InChI is InChI=1S/C20H31BrN6/c1-15(21)11-24-27-16(2)25-19(18-7-5-9-26(3)14-18)10-20(27)23-13-17-6-4-8-22-12-17/h4,6,8,10-12,15-16,18-19,23,25H,5,7,9,13-14H2,1-3H3/b24-11-. The van der Waals surface area contributed by atoms with E-state index in [-0.39, 0.29) is 11.0 Å². The topological polar surface area (TPSA) is 55.8 Å². The van der Waals surface area contributed by atoms with Crippen LogP contribution < -0.4 is 10.6 Å². The quantitative estimate of drug-likeness (QED) is 0.532. The van der Waals surface area contributed by atoms with E-state index in [4.69, 9.17) is 5.10 Å². The Labute approximate surface area is 171 Å². The molecule has 0 saturated carbocycles. The van der Waals surface area contributed by atoms with E-state index in [2.05, 4.69) is 69.5 Å². The van der Waals surface area contributed by atoms with Crippen molar-refractivity contribution in [1.82, 2.24) is 25.5 Å². The van der Waals surface area contributed by atoms with Gasteiger partial charge in [0.1, 0.15) is 12.0 Å². The Hall–Kier alpha value is -1.44. The second-order valence-corrected chi connectivity index (χ2v) is 9.03. The predicted octanol–water partition coefficient (Wildman–Crippen LogP) is 2.74. The van der Waals surface area contributed by atoms with Crippen LogP contribution in [-0.4, -0.2) is 58.3 Å². The fraction of sp³-hybridized carbons (Fsp3) is 0.600. The van der Waals surface area contributed by atoms with Crippen molar-refractivity contribution in [2.75, 3.05) is 20.1 Å². The molecule has 0 spiro atoms. The number of hydrazone groups is 1. The van der Waals surface area contributed by atoms with Gasteiger partial charge in [-0.05, 0) is 63.9 Å². The summed E-state index contributed by atoms with van der Waals surface area (Å²) < 4.78 is 0. The molecule has 1 saturated heterocycles. The first-order valence-electron chi connectivity index (χ1n) is 9.79. The van der Waals surface area contributed by atoms with Crippen molar-refractivity contribution in [3.8, 4) is 0 Å². The number of alkyl halides is 1.